The zero-order valence-corrected chi connectivity index (χ0v) is 16.3. The Kier molecular flexibility index (Phi) is 5.87. The molecule has 0 aliphatic carbocycles. The average Bonchev–Trinajstić information content (AvgIpc) is 3.04. The van der Waals surface area contributed by atoms with Gasteiger partial charge in [-0.05, 0) is 29.8 Å². The molecule has 128 valence electrons. The van der Waals surface area contributed by atoms with Crippen LogP contribution in [0.5, 0.6) is 0 Å². The number of anilines is 1. The maximum absolute atomic E-state index is 11.6. The number of rotatable bonds is 4. The van der Waals surface area contributed by atoms with E-state index in [1.54, 1.807) is 30.5 Å². The topological polar surface area (TPSA) is 42.0 Å². The summed E-state index contributed by atoms with van der Waals surface area (Å²) in [6.45, 7) is 0. The monoisotopic (exact) mass is 430 g/mol. The third kappa shape index (κ3) is 4.27. The molecule has 3 rings (SSSR count). The molecule has 0 atom stereocenters. The van der Waals surface area contributed by atoms with E-state index in [-0.39, 0.29) is 0 Å². The fourth-order valence-corrected chi connectivity index (χ4v) is 3.96. The second-order valence-corrected chi connectivity index (χ2v) is 7.94. The number of alkyl halides is 2. The zero-order chi connectivity index (χ0) is 18.0. The number of thiazole rings is 1. The number of benzene rings is 2. The Balaban J connectivity index is 1.92. The highest BCUT2D eigenvalue weighted by atomic mass is 35.5. The molecule has 0 fully saturated rings. The summed E-state index contributed by atoms with van der Waals surface area (Å²) in [5.74, 6) is -0.478. The third-order valence-corrected chi connectivity index (χ3v) is 5.39. The van der Waals surface area contributed by atoms with Crippen molar-refractivity contribution in [3.8, 4) is 21.0 Å². The molecule has 0 saturated carbocycles. The van der Waals surface area contributed by atoms with Crippen LogP contribution < -0.4 is 5.32 Å². The van der Waals surface area contributed by atoms with Crippen molar-refractivity contribution in [2.45, 2.75) is 4.84 Å². The molecule has 0 aliphatic rings. The van der Waals surface area contributed by atoms with E-state index in [0.717, 1.165) is 15.4 Å². The molecule has 1 N–H and O–H groups in total. The van der Waals surface area contributed by atoms with Gasteiger partial charge in [0.2, 0.25) is 0 Å². The van der Waals surface area contributed by atoms with Crippen molar-refractivity contribution in [1.82, 2.24) is 4.98 Å². The largest absolute Gasteiger partial charge is 0.324 e. The van der Waals surface area contributed by atoms with Gasteiger partial charge in [0.15, 0.2) is 4.84 Å². The molecule has 0 spiro atoms. The second kappa shape index (κ2) is 7.94. The summed E-state index contributed by atoms with van der Waals surface area (Å²) >= 11 is 25.1. The summed E-state index contributed by atoms with van der Waals surface area (Å²) in [7, 11) is 0. The van der Waals surface area contributed by atoms with E-state index in [9.17, 15) is 4.79 Å². The molecule has 0 aliphatic heterocycles. The highest BCUT2D eigenvalue weighted by Gasteiger charge is 2.15. The molecular formula is C17H10Cl4N2OS. The van der Waals surface area contributed by atoms with Crippen LogP contribution in [0.3, 0.4) is 0 Å². The Bertz CT molecular complexity index is 906. The minimum absolute atomic E-state index is 0.478. The maximum atomic E-state index is 11.6. The molecule has 0 radical (unpaired) electrons. The minimum atomic E-state index is -1.12. The molecule has 3 aromatic rings. The summed E-state index contributed by atoms with van der Waals surface area (Å²) in [5, 5.41) is 4.46. The van der Waals surface area contributed by atoms with Gasteiger partial charge in [-0.1, -0.05) is 64.6 Å². The van der Waals surface area contributed by atoms with Gasteiger partial charge < -0.3 is 5.32 Å². The van der Waals surface area contributed by atoms with Gasteiger partial charge in [-0.2, -0.15) is 0 Å². The number of hydrogen-bond acceptors (Lipinski definition) is 3. The van der Waals surface area contributed by atoms with E-state index in [0.29, 0.717) is 21.3 Å². The smallest absolute Gasteiger partial charge is 0.257 e. The summed E-state index contributed by atoms with van der Waals surface area (Å²) in [6, 6.07) is 12.6. The first kappa shape index (κ1) is 18.5. The summed E-state index contributed by atoms with van der Waals surface area (Å²) in [4.78, 5) is 15.8. The molecule has 2 aromatic carbocycles. The number of halogens is 4. The first-order valence-corrected chi connectivity index (χ1v) is 9.50. The van der Waals surface area contributed by atoms with Gasteiger partial charge in [-0.15, -0.1) is 11.3 Å². The van der Waals surface area contributed by atoms with Crippen LogP contribution in [-0.2, 0) is 4.79 Å². The van der Waals surface area contributed by atoms with Crippen molar-refractivity contribution in [1.29, 1.82) is 0 Å². The fourth-order valence-electron chi connectivity index (χ4n) is 2.17. The van der Waals surface area contributed by atoms with Crippen molar-refractivity contribution in [2.75, 3.05) is 5.32 Å². The van der Waals surface area contributed by atoms with Crippen molar-refractivity contribution < 1.29 is 4.79 Å². The molecular weight excluding hydrogens is 422 g/mol. The van der Waals surface area contributed by atoms with E-state index < -0.39 is 10.7 Å². The normalized spacial score (nSPS) is 10.9. The first-order valence-electron chi connectivity index (χ1n) is 7.05. The lowest BCUT2D eigenvalue weighted by atomic mass is 10.2. The van der Waals surface area contributed by atoms with Gasteiger partial charge in [0, 0.05) is 17.4 Å². The Morgan fingerprint density at radius 3 is 2.44 bits per heavy atom. The van der Waals surface area contributed by atoms with Gasteiger partial charge >= 0.3 is 0 Å². The minimum Gasteiger partial charge on any atom is -0.324 e. The van der Waals surface area contributed by atoms with E-state index in [4.69, 9.17) is 46.4 Å². The summed E-state index contributed by atoms with van der Waals surface area (Å²) in [5.41, 5.74) is 2.20. The molecule has 1 heterocycles. The van der Waals surface area contributed by atoms with Crippen LogP contribution in [0, 0.1) is 0 Å². The lowest BCUT2D eigenvalue weighted by Crippen LogP contribution is -2.18. The summed E-state index contributed by atoms with van der Waals surface area (Å²) < 4.78 is 0. The molecule has 1 aromatic heterocycles. The second-order valence-electron chi connectivity index (χ2n) is 5.00. The predicted octanol–water partition coefficient (Wildman–Crippen LogP) is 6.53. The molecule has 0 unspecified atom stereocenters. The van der Waals surface area contributed by atoms with E-state index in [1.807, 2.05) is 18.2 Å². The van der Waals surface area contributed by atoms with Crippen LogP contribution in [0.25, 0.3) is 21.0 Å². The highest BCUT2D eigenvalue weighted by molar-refractivity contribution is 7.18. The zero-order valence-electron chi connectivity index (χ0n) is 12.5. The Morgan fingerprint density at radius 2 is 1.76 bits per heavy atom. The molecule has 0 saturated heterocycles. The number of nitrogens with one attached hydrogen (secondary N) is 1. The van der Waals surface area contributed by atoms with Crippen LogP contribution in [0.1, 0.15) is 0 Å². The van der Waals surface area contributed by atoms with E-state index in [1.165, 1.54) is 11.3 Å². The Hall–Kier alpha value is -1.30. The van der Waals surface area contributed by atoms with Crippen LogP contribution in [0.15, 0.2) is 48.7 Å². The predicted molar refractivity (Wildman–Crippen MR) is 107 cm³/mol. The first-order chi connectivity index (χ1) is 12.0. The van der Waals surface area contributed by atoms with Gasteiger partial charge in [0.1, 0.15) is 5.01 Å². The van der Waals surface area contributed by atoms with E-state index >= 15 is 0 Å². The number of amides is 1. The molecule has 25 heavy (non-hydrogen) atoms. The SMILES string of the molecule is O=C(Nc1cccc(-c2cnc(-c3c(Cl)cccc3Cl)s2)c1)C(Cl)Cl. The maximum Gasteiger partial charge on any atom is 0.257 e. The molecule has 8 heteroatoms. The Morgan fingerprint density at radius 1 is 1.08 bits per heavy atom. The van der Waals surface area contributed by atoms with Gasteiger partial charge in [-0.25, -0.2) is 4.98 Å². The van der Waals surface area contributed by atoms with Crippen molar-refractivity contribution >= 4 is 69.3 Å². The number of carbonyl (C=O) groups excluding carboxylic acids is 1. The highest BCUT2D eigenvalue weighted by Crippen LogP contribution is 2.39. The lowest BCUT2D eigenvalue weighted by molar-refractivity contribution is -0.114. The number of carbonyl (C=O) groups is 1. The van der Waals surface area contributed by atoms with Crippen LogP contribution in [0.2, 0.25) is 10.0 Å². The van der Waals surface area contributed by atoms with Gasteiger partial charge in [-0.3, -0.25) is 4.79 Å². The molecule has 1 amide bonds. The third-order valence-electron chi connectivity index (χ3n) is 3.30. The van der Waals surface area contributed by atoms with E-state index in [2.05, 4.69) is 10.3 Å². The van der Waals surface area contributed by atoms with Crippen molar-refractivity contribution in [3.05, 3.63) is 58.7 Å². The quantitative estimate of drug-likeness (QED) is 0.477. The average molecular weight is 432 g/mol. The standard InChI is InChI=1S/C17H10Cl4N2OS/c18-11-5-2-6-12(19)14(11)17-22-8-13(25-17)9-3-1-4-10(7-9)23-16(24)15(20)21/h1-8,15H,(H,23,24). The van der Waals surface area contributed by atoms with Crippen LogP contribution in [0.4, 0.5) is 5.69 Å². The van der Waals surface area contributed by atoms with Crippen molar-refractivity contribution in [3.63, 3.8) is 0 Å². The lowest BCUT2D eigenvalue weighted by Gasteiger charge is -2.06. The van der Waals surface area contributed by atoms with Crippen molar-refractivity contribution in [2.24, 2.45) is 0 Å². The fraction of sp³-hybridized carbons (Fsp3) is 0.0588. The van der Waals surface area contributed by atoms with Gasteiger partial charge in [0.25, 0.3) is 5.91 Å². The summed E-state index contributed by atoms with van der Waals surface area (Å²) in [6.07, 6.45) is 1.74. The van der Waals surface area contributed by atoms with Crippen LogP contribution >= 0.6 is 57.7 Å². The molecule has 0 bridgehead atoms. The molecule has 3 nitrogen and oxygen atoms in total. The number of hydrogen-bond donors (Lipinski definition) is 1. The number of aromatic nitrogens is 1. The van der Waals surface area contributed by atoms with Gasteiger partial charge in [0.05, 0.1) is 14.9 Å². The Labute approximate surface area is 168 Å². The van der Waals surface area contributed by atoms with Crippen LogP contribution in [-0.4, -0.2) is 15.7 Å². The number of nitrogens with zero attached hydrogens (tertiary/aromatic N) is 1.